The Morgan fingerprint density at radius 1 is 0.944 bits per heavy atom. The molecule has 0 spiro atoms. The number of hydrogen-bond donors (Lipinski definition) is 1. The third kappa shape index (κ3) is 2.74. The number of nitrogens with zero attached hydrogens (tertiary/aromatic N) is 1. The summed E-state index contributed by atoms with van der Waals surface area (Å²) in [5, 5.41) is 3.35. The van der Waals surface area contributed by atoms with E-state index in [1.165, 1.54) is 5.69 Å². The van der Waals surface area contributed by atoms with Crippen LogP contribution >= 0.6 is 0 Å². The van der Waals surface area contributed by atoms with Crippen LogP contribution in [0, 0.1) is 0 Å². The fourth-order valence-electron chi connectivity index (χ4n) is 1.75. The average Bonchev–Trinajstić information content (AvgIpc) is 2.40. The van der Waals surface area contributed by atoms with E-state index in [9.17, 15) is 0 Å². The first-order valence-corrected chi connectivity index (χ1v) is 5.88. The summed E-state index contributed by atoms with van der Waals surface area (Å²) in [6.45, 7) is 0. The molecular formula is C15H18N2O. The summed E-state index contributed by atoms with van der Waals surface area (Å²) in [5.41, 5.74) is 3.20. The fraction of sp³-hybridized carbons (Fsp3) is 0.200. The van der Waals surface area contributed by atoms with Gasteiger partial charge in [0.15, 0.2) is 0 Å². The average molecular weight is 242 g/mol. The molecule has 3 heteroatoms. The van der Waals surface area contributed by atoms with Crippen molar-refractivity contribution in [2.24, 2.45) is 0 Å². The highest BCUT2D eigenvalue weighted by atomic mass is 16.5. The highest BCUT2D eigenvalue weighted by Crippen LogP contribution is 2.27. The number of benzene rings is 2. The topological polar surface area (TPSA) is 24.5 Å². The molecule has 0 heterocycles. The Labute approximate surface area is 108 Å². The molecule has 2 rings (SSSR count). The van der Waals surface area contributed by atoms with Gasteiger partial charge in [0.2, 0.25) is 0 Å². The number of hydrogen-bond acceptors (Lipinski definition) is 3. The minimum atomic E-state index is 0.842. The highest BCUT2D eigenvalue weighted by Gasteiger charge is 2.02. The fourth-order valence-corrected chi connectivity index (χ4v) is 1.75. The van der Waals surface area contributed by atoms with Gasteiger partial charge in [-0.1, -0.05) is 12.1 Å². The van der Waals surface area contributed by atoms with Crippen molar-refractivity contribution in [3.05, 3.63) is 48.5 Å². The second-order valence-corrected chi connectivity index (χ2v) is 4.27. The lowest BCUT2D eigenvalue weighted by molar-refractivity contribution is 0.417. The summed E-state index contributed by atoms with van der Waals surface area (Å²) in [4.78, 5) is 2.08. The number of nitrogens with one attached hydrogen (secondary N) is 1. The van der Waals surface area contributed by atoms with Gasteiger partial charge in [0.05, 0.1) is 12.8 Å². The van der Waals surface area contributed by atoms with E-state index in [1.54, 1.807) is 7.11 Å². The quantitative estimate of drug-likeness (QED) is 0.888. The summed E-state index contributed by atoms with van der Waals surface area (Å²) in [5.74, 6) is 0.842. The van der Waals surface area contributed by atoms with Gasteiger partial charge in [0.1, 0.15) is 5.75 Å². The van der Waals surface area contributed by atoms with Gasteiger partial charge < -0.3 is 15.0 Å². The molecule has 18 heavy (non-hydrogen) atoms. The maximum atomic E-state index is 5.31. The van der Waals surface area contributed by atoms with E-state index in [2.05, 4.69) is 34.5 Å². The molecule has 2 aromatic carbocycles. The van der Waals surface area contributed by atoms with Crippen molar-refractivity contribution in [1.29, 1.82) is 0 Å². The molecule has 0 radical (unpaired) electrons. The van der Waals surface area contributed by atoms with Gasteiger partial charge in [-0.15, -0.1) is 0 Å². The lowest BCUT2D eigenvalue weighted by Crippen LogP contribution is -2.08. The van der Waals surface area contributed by atoms with Crippen molar-refractivity contribution < 1.29 is 4.74 Å². The molecule has 0 aliphatic heterocycles. The van der Waals surface area contributed by atoms with Gasteiger partial charge in [0.25, 0.3) is 0 Å². The number of ether oxygens (including phenoxy) is 1. The summed E-state index contributed by atoms with van der Waals surface area (Å²) in [7, 11) is 5.74. The molecule has 3 nitrogen and oxygen atoms in total. The van der Waals surface area contributed by atoms with Crippen LogP contribution < -0.4 is 15.0 Å². The maximum absolute atomic E-state index is 5.31. The van der Waals surface area contributed by atoms with Crippen LogP contribution in [0.5, 0.6) is 5.75 Å². The third-order valence-corrected chi connectivity index (χ3v) is 2.77. The molecule has 0 fully saturated rings. The molecule has 0 amide bonds. The van der Waals surface area contributed by atoms with Crippen LogP contribution in [0.1, 0.15) is 0 Å². The number of anilines is 3. The van der Waals surface area contributed by atoms with E-state index in [4.69, 9.17) is 4.74 Å². The molecule has 2 aromatic rings. The molecule has 94 valence electrons. The molecule has 0 aliphatic rings. The van der Waals surface area contributed by atoms with Gasteiger partial charge in [-0.3, -0.25) is 0 Å². The zero-order valence-electron chi connectivity index (χ0n) is 11.0. The molecule has 0 atom stereocenters. The minimum Gasteiger partial charge on any atom is -0.495 e. The third-order valence-electron chi connectivity index (χ3n) is 2.77. The van der Waals surface area contributed by atoms with E-state index in [-0.39, 0.29) is 0 Å². The summed E-state index contributed by atoms with van der Waals surface area (Å²) in [6.07, 6.45) is 0. The number of para-hydroxylation sites is 2. The maximum Gasteiger partial charge on any atom is 0.142 e. The number of methoxy groups -OCH3 is 1. The first kappa shape index (κ1) is 12.3. The monoisotopic (exact) mass is 242 g/mol. The molecule has 1 N–H and O–H groups in total. The molecule has 0 saturated heterocycles. The van der Waals surface area contributed by atoms with E-state index in [0.717, 1.165) is 17.1 Å². The van der Waals surface area contributed by atoms with E-state index < -0.39 is 0 Å². The molecular weight excluding hydrogens is 224 g/mol. The Morgan fingerprint density at radius 3 is 2.22 bits per heavy atom. The number of rotatable bonds is 4. The summed E-state index contributed by atoms with van der Waals surface area (Å²) >= 11 is 0. The zero-order chi connectivity index (χ0) is 13.0. The highest BCUT2D eigenvalue weighted by molar-refractivity contribution is 5.67. The first-order valence-electron chi connectivity index (χ1n) is 5.88. The van der Waals surface area contributed by atoms with Crippen LogP contribution in [0.3, 0.4) is 0 Å². The standard InChI is InChI=1S/C15H18N2O/c1-17(2)13-10-8-12(9-11-13)16-14-6-4-5-7-15(14)18-3/h4-11,16H,1-3H3. The van der Waals surface area contributed by atoms with Gasteiger partial charge in [-0.2, -0.15) is 0 Å². The van der Waals surface area contributed by atoms with Crippen molar-refractivity contribution in [2.75, 3.05) is 31.4 Å². The predicted octanol–water partition coefficient (Wildman–Crippen LogP) is 3.50. The second kappa shape index (κ2) is 5.45. The van der Waals surface area contributed by atoms with Crippen LogP contribution in [0.25, 0.3) is 0 Å². The van der Waals surface area contributed by atoms with E-state index in [0.29, 0.717) is 0 Å². The lowest BCUT2D eigenvalue weighted by atomic mass is 10.2. The molecule has 0 aromatic heterocycles. The normalized spacial score (nSPS) is 9.94. The molecule has 0 unspecified atom stereocenters. The van der Waals surface area contributed by atoms with Gasteiger partial charge in [-0.25, -0.2) is 0 Å². The van der Waals surface area contributed by atoms with Crippen molar-refractivity contribution in [1.82, 2.24) is 0 Å². The SMILES string of the molecule is COc1ccccc1Nc1ccc(N(C)C)cc1. The smallest absolute Gasteiger partial charge is 0.142 e. The summed E-state index contributed by atoms with van der Waals surface area (Å²) < 4.78 is 5.31. The van der Waals surface area contributed by atoms with Crippen molar-refractivity contribution >= 4 is 17.1 Å². The van der Waals surface area contributed by atoms with Crippen molar-refractivity contribution in [3.63, 3.8) is 0 Å². The van der Waals surface area contributed by atoms with Crippen LogP contribution in [0.4, 0.5) is 17.1 Å². The second-order valence-electron chi connectivity index (χ2n) is 4.27. The van der Waals surface area contributed by atoms with E-state index in [1.807, 2.05) is 38.4 Å². The van der Waals surface area contributed by atoms with Gasteiger partial charge in [-0.05, 0) is 36.4 Å². The molecule has 0 bridgehead atoms. The lowest BCUT2D eigenvalue weighted by Gasteiger charge is -2.14. The predicted molar refractivity (Wildman–Crippen MR) is 77.0 cm³/mol. The van der Waals surface area contributed by atoms with Gasteiger partial charge >= 0.3 is 0 Å². The van der Waals surface area contributed by atoms with Crippen LogP contribution in [-0.2, 0) is 0 Å². The first-order chi connectivity index (χ1) is 8.70. The Hall–Kier alpha value is -2.16. The van der Waals surface area contributed by atoms with E-state index >= 15 is 0 Å². The van der Waals surface area contributed by atoms with Crippen molar-refractivity contribution in [3.8, 4) is 5.75 Å². The van der Waals surface area contributed by atoms with Crippen LogP contribution in [-0.4, -0.2) is 21.2 Å². The Morgan fingerprint density at radius 2 is 1.61 bits per heavy atom. The minimum absolute atomic E-state index is 0.842. The van der Waals surface area contributed by atoms with Crippen LogP contribution in [0.2, 0.25) is 0 Å². The Balaban J connectivity index is 2.18. The molecule has 0 saturated carbocycles. The molecule has 0 aliphatic carbocycles. The zero-order valence-corrected chi connectivity index (χ0v) is 11.0. The van der Waals surface area contributed by atoms with Gasteiger partial charge in [0, 0.05) is 25.5 Å². The Bertz CT molecular complexity index is 506. The van der Waals surface area contributed by atoms with Crippen LogP contribution in [0.15, 0.2) is 48.5 Å². The van der Waals surface area contributed by atoms with Crippen molar-refractivity contribution in [2.45, 2.75) is 0 Å². The summed E-state index contributed by atoms with van der Waals surface area (Å²) in [6, 6.07) is 16.2. The Kier molecular flexibility index (Phi) is 3.72. The largest absolute Gasteiger partial charge is 0.495 e.